The zero-order valence-electron chi connectivity index (χ0n) is 12.4. The summed E-state index contributed by atoms with van der Waals surface area (Å²) < 4.78 is 0. The standard InChI is InChI=1S/C16H17ClN2O2S/c1-9(2)13-7-11(16(22-13)19-14(20)8-18)15(21)10-5-3-4-6-12(10)17/h3-7,9H,8,18H2,1-2H3,(H,19,20). The van der Waals surface area contributed by atoms with Crippen molar-refractivity contribution in [2.45, 2.75) is 19.8 Å². The summed E-state index contributed by atoms with van der Waals surface area (Å²) in [6.07, 6.45) is 0. The number of ketones is 1. The highest BCUT2D eigenvalue weighted by Crippen LogP contribution is 2.35. The maximum atomic E-state index is 12.7. The van der Waals surface area contributed by atoms with E-state index in [-0.39, 0.29) is 24.2 Å². The number of hydrogen-bond donors (Lipinski definition) is 2. The number of amides is 1. The zero-order chi connectivity index (χ0) is 16.3. The molecule has 0 bridgehead atoms. The van der Waals surface area contributed by atoms with Crippen molar-refractivity contribution in [3.8, 4) is 0 Å². The topological polar surface area (TPSA) is 72.2 Å². The van der Waals surface area contributed by atoms with E-state index < -0.39 is 0 Å². The second-order valence-electron chi connectivity index (χ2n) is 5.11. The van der Waals surface area contributed by atoms with E-state index >= 15 is 0 Å². The largest absolute Gasteiger partial charge is 0.322 e. The lowest BCUT2D eigenvalue weighted by molar-refractivity contribution is -0.114. The molecule has 0 spiro atoms. The number of benzene rings is 1. The SMILES string of the molecule is CC(C)c1cc(C(=O)c2ccccc2Cl)c(NC(=O)CN)s1. The lowest BCUT2D eigenvalue weighted by Gasteiger charge is -2.05. The lowest BCUT2D eigenvalue weighted by Crippen LogP contribution is -2.22. The summed E-state index contributed by atoms with van der Waals surface area (Å²) >= 11 is 7.49. The predicted molar refractivity (Wildman–Crippen MR) is 91.0 cm³/mol. The quantitative estimate of drug-likeness (QED) is 0.818. The molecule has 1 heterocycles. The third-order valence-electron chi connectivity index (χ3n) is 3.12. The van der Waals surface area contributed by atoms with E-state index in [0.29, 0.717) is 21.2 Å². The Balaban J connectivity index is 2.46. The van der Waals surface area contributed by atoms with Crippen LogP contribution in [0.3, 0.4) is 0 Å². The van der Waals surface area contributed by atoms with Crippen LogP contribution in [0.4, 0.5) is 5.00 Å². The van der Waals surface area contributed by atoms with Gasteiger partial charge in [0.05, 0.1) is 17.1 Å². The van der Waals surface area contributed by atoms with Crippen molar-refractivity contribution in [1.29, 1.82) is 0 Å². The second kappa shape index (κ2) is 7.05. The molecule has 0 aliphatic heterocycles. The van der Waals surface area contributed by atoms with Crippen LogP contribution >= 0.6 is 22.9 Å². The summed E-state index contributed by atoms with van der Waals surface area (Å²) in [5, 5.41) is 3.60. The smallest absolute Gasteiger partial charge is 0.238 e. The molecular formula is C16H17ClN2O2S. The lowest BCUT2D eigenvalue weighted by atomic mass is 10.0. The molecule has 0 atom stereocenters. The van der Waals surface area contributed by atoms with Crippen LogP contribution in [0.2, 0.25) is 5.02 Å². The highest BCUT2D eigenvalue weighted by atomic mass is 35.5. The maximum absolute atomic E-state index is 12.7. The molecule has 3 N–H and O–H groups in total. The van der Waals surface area contributed by atoms with Gasteiger partial charge in [0.15, 0.2) is 5.78 Å². The van der Waals surface area contributed by atoms with Gasteiger partial charge in [-0.3, -0.25) is 9.59 Å². The Morgan fingerprint density at radius 3 is 2.55 bits per heavy atom. The summed E-state index contributed by atoms with van der Waals surface area (Å²) in [5.41, 5.74) is 6.20. The molecule has 0 aliphatic carbocycles. The average molecular weight is 337 g/mol. The average Bonchev–Trinajstić information content (AvgIpc) is 2.91. The summed E-state index contributed by atoms with van der Waals surface area (Å²) in [7, 11) is 0. The number of nitrogens with one attached hydrogen (secondary N) is 1. The minimum Gasteiger partial charge on any atom is -0.322 e. The van der Waals surface area contributed by atoms with Crippen LogP contribution in [0.25, 0.3) is 0 Å². The van der Waals surface area contributed by atoms with Crippen LogP contribution in [-0.2, 0) is 4.79 Å². The van der Waals surface area contributed by atoms with Gasteiger partial charge in [-0.1, -0.05) is 37.6 Å². The number of rotatable bonds is 5. The Kier molecular flexibility index (Phi) is 5.34. The highest BCUT2D eigenvalue weighted by molar-refractivity contribution is 7.16. The van der Waals surface area contributed by atoms with Crippen LogP contribution in [0.5, 0.6) is 0 Å². The third kappa shape index (κ3) is 3.55. The molecule has 0 aliphatic rings. The molecule has 2 aromatic rings. The molecule has 4 nitrogen and oxygen atoms in total. The monoisotopic (exact) mass is 336 g/mol. The van der Waals surface area contributed by atoms with Crippen molar-refractivity contribution in [3.05, 3.63) is 51.4 Å². The van der Waals surface area contributed by atoms with Gasteiger partial charge in [0.2, 0.25) is 5.91 Å². The summed E-state index contributed by atoms with van der Waals surface area (Å²) in [4.78, 5) is 25.3. The predicted octanol–water partition coefficient (Wildman–Crippen LogP) is 3.65. The maximum Gasteiger partial charge on any atom is 0.238 e. The Labute approximate surface area is 138 Å². The number of carbonyl (C=O) groups excluding carboxylic acids is 2. The first-order chi connectivity index (χ1) is 10.4. The summed E-state index contributed by atoms with van der Waals surface area (Å²) in [6, 6.07) is 8.68. The molecular weight excluding hydrogens is 320 g/mol. The molecule has 1 amide bonds. The van der Waals surface area contributed by atoms with Gasteiger partial charge in [0, 0.05) is 10.4 Å². The van der Waals surface area contributed by atoms with E-state index in [2.05, 4.69) is 5.32 Å². The molecule has 6 heteroatoms. The molecule has 1 aromatic heterocycles. The number of anilines is 1. The van der Waals surface area contributed by atoms with E-state index in [1.807, 2.05) is 19.9 Å². The van der Waals surface area contributed by atoms with Crippen molar-refractivity contribution >= 4 is 39.6 Å². The molecule has 0 radical (unpaired) electrons. The Bertz CT molecular complexity index is 710. The fourth-order valence-electron chi connectivity index (χ4n) is 1.92. The van der Waals surface area contributed by atoms with Gasteiger partial charge >= 0.3 is 0 Å². The van der Waals surface area contributed by atoms with Crippen LogP contribution in [0, 0.1) is 0 Å². The zero-order valence-corrected chi connectivity index (χ0v) is 13.9. The Morgan fingerprint density at radius 1 is 1.27 bits per heavy atom. The summed E-state index contributed by atoms with van der Waals surface area (Å²) in [6.45, 7) is 3.93. The van der Waals surface area contributed by atoms with Gasteiger partial charge in [-0.15, -0.1) is 11.3 Å². The fourth-order valence-corrected chi connectivity index (χ4v) is 3.22. The third-order valence-corrected chi connectivity index (χ3v) is 4.80. The minimum atomic E-state index is -0.328. The van der Waals surface area contributed by atoms with Crippen molar-refractivity contribution in [3.63, 3.8) is 0 Å². The van der Waals surface area contributed by atoms with Crippen LogP contribution < -0.4 is 11.1 Å². The van der Waals surface area contributed by atoms with Crippen LogP contribution in [0.1, 0.15) is 40.6 Å². The van der Waals surface area contributed by atoms with Gasteiger partial charge in [0.1, 0.15) is 5.00 Å². The highest BCUT2D eigenvalue weighted by Gasteiger charge is 2.21. The minimum absolute atomic E-state index is 0.130. The number of hydrogen-bond acceptors (Lipinski definition) is 4. The van der Waals surface area contributed by atoms with Gasteiger partial charge in [0.25, 0.3) is 0 Å². The fraction of sp³-hybridized carbons (Fsp3) is 0.250. The van der Waals surface area contributed by atoms with E-state index in [4.69, 9.17) is 17.3 Å². The van der Waals surface area contributed by atoms with Gasteiger partial charge in [-0.25, -0.2) is 0 Å². The number of nitrogens with two attached hydrogens (primary N) is 1. The number of carbonyl (C=O) groups is 2. The van der Waals surface area contributed by atoms with Gasteiger partial charge in [-0.05, 0) is 24.1 Å². The molecule has 0 fully saturated rings. The van der Waals surface area contributed by atoms with E-state index in [0.717, 1.165) is 4.88 Å². The molecule has 116 valence electrons. The van der Waals surface area contributed by atoms with Crippen LogP contribution in [0.15, 0.2) is 30.3 Å². The first-order valence-electron chi connectivity index (χ1n) is 6.87. The van der Waals surface area contributed by atoms with Gasteiger partial charge < -0.3 is 11.1 Å². The molecule has 0 unspecified atom stereocenters. The van der Waals surface area contributed by atoms with Gasteiger partial charge in [-0.2, -0.15) is 0 Å². The first kappa shape index (κ1) is 16.7. The van der Waals surface area contributed by atoms with Crippen molar-refractivity contribution in [2.24, 2.45) is 5.73 Å². The van der Waals surface area contributed by atoms with E-state index in [9.17, 15) is 9.59 Å². The number of thiophene rings is 1. The molecule has 2 rings (SSSR count). The number of halogens is 1. The Hall–Kier alpha value is -1.69. The van der Waals surface area contributed by atoms with Crippen molar-refractivity contribution < 1.29 is 9.59 Å². The molecule has 0 saturated heterocycles. The van der Waals surface area contributed by atoms with Crippen molar-refractivity contribution in [2.75, 3.05) is 11.9 Å². The van der Waals surface area contributed by atoms with E-state index in [1.54, 1.807) is 24.3 Å². The molecule has 1 aromatic carbocycles. The first-order valence-corrected chi connectivity index (χ1v) is 8.06. The van der Waals surface area contributed by atoms with Crippen molar-refractivity contribution in [1.82, 2.24) is 0 Å². The molecule has 22 heavy (non-hydrogen) atoms. The second-order valence-corrected chi connectivity index (χ2v) is 6.60. The van der Waals surface area contributed by atoms with E-state index in [1.165, 1.54) is 11.3 Å². The normalized spacial score (nSPS) is 10.8. The summed E-state index contributed by atoms with van der Waals surface area (Å²) in [5.74, 6) is -0.280. The molecule has 0 saturated carbocycles. The van der Waals surface area contributed by atoms with Crippen LogP contribution in [-0.4, -0.2) is 18.2 Å². The Morgan fingerprint density at radius 2 is 1.95 bits per heavy atom.